The molecule has 2 N–H and O–H groups in total. The number of rotatable bonds is 6. The first-order valence-corrected chi connectivity index (χ1v) is 8.54. The Balaban J connectivity index is 2.25. The van der Waals surface area contributed by atoms with Gasteiger partial charge in [0.15, 0.2) is 0 Å². The van der Waals surface area contributed by atoms with Crippen LogP contribution in [-0.4, -0.2) is 56.7 Å². The molecule has 5 nitrogen and oxygen atoms in total. The summed E-state index contributed by atoms with van der Waals surface area (Å²) in [5, 5.41) is 0. The number of methoxy groups -OCH3 is 1. The zero-order valence-corrected chi connectivity index (χ0v) is 15.1. The van der Waals surface area contributed by atoms with Crippen molar-refractivity contribution in [3.05, 3.63) is 28.0 Å². The molecule has 0 aromatic heterocycles. The van der Waals surface area contributed by atoms with Gasteiger partial charge in [0.2, 0.25) is 0 Å². The number of nitrogens with zero attached hydrogens (tertiary/aromatic N) is 2. The molecule has 1 aliphatic heterocycles. The van der Waals surface area contributed by atoms with Crippen LogP contribution >= 0.6 is 15.9 Å². The van der Waals surface area contributed by atoms with Crippen molar-refractivity contribution >= 4 is 27.5 Å². The molecule has 1 atom stereocenters. The van der Waals surface area contributed by atoms with E-state index >= 15 is 0 Å². The SMILES string of the molecule is CCC1CN(c2cc(Br)cc(F)c2C(N)=O)CCN1CCOC. The smallest absolute Gasteiger partial charge is 0.253 e. The third kappa shape index (κ3) is 4.22. The molecule has 1 heterocycles. The minimum absolute atomic E-state index is 0.0339. The summed E-state index contributed by atoms with van der Waals surface area (Å²) >= 11 is 3.30. The van der Waals surface area contributed by atoms with Gasteiger partial charge in [-0.25, -0.2) is 4.39 Å². The van der Waals surface area contributed by atoms with Gasteiger partial charge in [0.1, 0.15) is 5.82 Å². The van der Waals surface area contributed by atoms with E-state index in [4.69, 9.17) is 10.5 Å². The van der Waals surface area contributed by atoms with E-state index in [0.29, 0.717) is 22.8 Å². The summed E-state index contributed by atoms with van der Waals surface area (Å²) in [6.45, 7) is 5.98. The van der Waals surface area contributed by atoms with Gasteiger partial charge in [0.05, 0.1) is 17.9 Å². The van der Waals surface area contributed by atoms with E-state index in [1.807, 2.05) is 4.90 Å². The molecule has 1 saturated heterocycles. The number of halogens is 2. The molecule has 0 radical (unpaired) electrons. The third-order valence-electron chi connectivity index (χ3n) is 4.28. The molecule has 0 bridgehead atoms. The number of amides is 1. The van der Waals surface area contributed by atoms with Crippen LogP contribution in [0, 0.1) is 5.82 Å². The van der Waals surface area contributed by atoms with E-state index < -0.39 is 11.7 Å². The number of nitrogens with two attached hydrogens (primary N) is 1. The predicted octanol–water partition coefficient (Wildman–Crippen LogP) is 2.23. The highest BCUT2D eigenvalue weighted by molar-refractivity contribution is 9.10. The van der Waals surface area contributed by atoms with Crippen molar-refractivity contribution in [1.29, 1.82) is 0 Å². The quantitative estimate of drug-likeness (QED) is 0.812. The van der Waals surface area contributed by atoms with Gasteiger partial charge in [-0.05, 0) is 18.6 Å². The zero-order valence-electron chi connectivity index (χ0n) is 13.5. The highest BCUT2D eigenvalue weighted by Crippen LogP contribution is 2.30. The van der Waals surface area contributed by atoms with Gasteiger partial charge in [0.25, 0.3) is 5.91 Å². The second-order valence-corrected chi connectivity index (χ2v) is 6.60. The number of anilines is 1. The van der Waals surface area contributed by atoms with E-state index in [1.54, 1.807) is 13.2 Å². The molecule has 0 spiro atoms. The Bertz CT molecular complexity index is 571. The third-order valence-corrected chi connectivity index (χ3v) is 4.74. The van der Waals surface area contributed by atoms with E-state index in [9.17, 15) is 9.18 Å². The van der Waals surface area contributed by atoms with E-state index in [-0.39, 0.29) is 5.56 Å². The van der Waals surface area contributed by atoms with E-state index in [0.717, 1.165) is 32.6 Å². The van der Waals surface area contributed by atoms with E-state index in [2.05, 4.69) is 27.8 Å². The van der Waals surface area contributed by atoms with Crippen LogP contribution in [0.15, 0.2) is 16.6 Å². The number of hydrogen-bond acceptors (Lipinski definition) is 4. The molecule has 1 unspecified atom stereocenters. The summed E-state index contributed by atoms with van der Waals surface area (Å²) < 4.78 is 19.9. The second kappa shape index (κ2) is 8.08. The molecule has 128 valence electrons. The first kappa shape index (κ1) is 18.2. The highest BCUT2D eigenvalue weighted by Gasteiger charge is 2.28. The lowest BCUT2D eigenvalue weighted by Crippen LogP contribution is -2.54. The summed E-state index contributed by atoms with van der Waals surface area (Å²) in [5.74, 6) is -1.32. The van der Waals surface area contributed by atoms with Crippen molar-refractivity contribution in [3.63, 3.8) is 0 Å². The first-order chi connectivity index (χ1) is 11.0. The molecular weight excluding hydrogens is 365 g/mol. The fourth-order valence-corrected chi connectivity index (χ4v) is 3.47. The van der Waals surface area contributed by atoms with Gasteiger partial charge in [-0.1, -0.05) is 22.9 Å². The highest BCUT2D eigenvalue weighted by atomic mass is 79.9. The Morgan fingerprint density at radius 2 is 2.22 bits per heavy atom. The summed E-state index contributed by atoms with van der Waals surface area (Å²) in [5.41, 5.74) is 5.91. The molecule has 1 amide bonds. The van der Waals surface area contributed by atoms with Crippen molar-refractivity contribution < 1.29 is 13.9 Å². The molecule has 1 fully saturated rings. The topological polar surface area (TPSA) is 58.8 Å². The Morgan fingerprint density at radius 3 is 2.83 bits per heavy atom. The normalized spacial score (nSPS) is 19.1. The standard InChI is InChI=1S/C16H23BrFN3O2/c1-3-12-10-21(5-4-20(12)6-7-23-2)14-9-11(17)8-13(18)15(14)16(19)22/h8-9,12H,3-7,10H2,1-2H3,(H2,19,22). The van der Waals surface area contributed by atoms with Crippen molar-refractivity contribution in [3.8, 4) is 0 Å². The molecule has 1 aromatic rings. The zero-order chi connectivity index (χ0) is 17.0. The molecule has 1 aliphatic rings. The maximum atomic E-state index is 14.2. The van der Waals surface area contributed by atoms with Gasteiger partial charge in [-0.3, -0.25) is 9.69 Å². The average molecular weight is 388 g/mol. The second-order valence-electron chi connectivity index (χ2n) is 5.68. The van der Waals surface area contributed by atoms with E-state index in [1.165, 1.54) is 6.07 Å². The summed E-state index contributed by atoms with van der Waals surface area (Å²) in [6.07, 6.45) is 0.975. The van der Waals surface area contributed by atoms with Crippen LogP contribution in [0.4, 0.5) is 10.1 Å². The molecule has 1 aromatic carbocycles. The lowest BCUT2D eigenvalue weighted by Gasteiger charge is -2.42. The Hall–Kier alpha value is -1.18. The Morgan fingerprint density at radius 1 is 1.48 bits per heavy atom. The number of carbonyl (C=O) groups is 1. The predicted molar refractivity (Wildman–Crippen MR) is 92.4 cm³/mol. The molecule has 0 aliphatic carbocycles. The van der Waals surface area contributed by atoms with Crippen molar-refractivity contribution in [1.82, 2.24) is 4.90 Å². The number of primary amides is 1. The molecule has 23 heavy (non-hydrogen) atoms. The maximum absolute atomic E-state index is 14.2. The van der Waals surface area contributed by atoms with Crippen LogP contribution in [0.3, 0.4) is 0 Å². The average Bonchev–Trinajstić information content (AvgIpc) is 2.51. The van der Waals surface area contributed by atoms with Gasteiger partial charge < -0.3 is 15.4 Å². The monoisotopic (exact) mass is 387 g/mol. The number of benzene rings is 1. The lowest BCUT2D eigenvalue weighted by atomic mass is 10.1. The van der Waals surface area contributed by atoms with Gasteiger partial charge >= 0.3 is 0 Å². The largest absolute Gasteiger partial charge is 0.383 e. The first-order valence-electron chi connectivity index (χ1n) is 7.74. The van der Waals surface area contributed by atoms with Crippen molar-refractivity contribution in [2.75, 3.05) is 44.8 Å². The molecule has 7 heteroatoms. The van der Waals surface area contributed by atoms with Crippen molar-refractivity contribution in [2.45, 2.75) is 19.4 Å². The molecule has 2 rings (SSSR count). The van der Waals surface area contributed by atoms with Gasteiger partial charge in [-0.15, -0.1) is 0 Å². The number of hydrogen-bond donors (Lipinski definition) is 1. The van der Waals surface area contributed by atoms with Gasteiger partial charge in [0, 0.05) is 43.8 Å². The van der Waals surface area contributed by atoms with Crippen LogP contribution in [-0.2, 0) is 4.74 Å². The summed E-state index contributed by atoms with van der Waals surface area (Å²) in [4.78, 5) is 16.1. The minimum atomic E-state index is -0.736. The lowest BCUT2D eigenvalue weighted by molar-refractivity contribution is 0.0994. The summed E-state index contributed by atoms with van der Waals surface area (Å²) in [7, 11) is 1.70. The minimum Gasteiger partial charge on any atom is -0.383 e. The molecule has 0 saturated carbocycles. The summed E-state index contributed by atoms with van der Waals surface area (Å²) in [6, 6.07) is 3.37. The Labute approximate surface area is 144 Å². The van der Waals surface area contributed by atoms with Crippen LogP contribution < -0.4 is 10.6 Å². The number of piperazine rings is 1. The maximum Gasteiger partial charge on any atom is 0.253 e. The van der Waals surface area contributed by atoms with Crippen LogP contribution in [0.1, 0.15) is 23.7 Å². The van der Waals surface area contributed by atoms with Crippen LogP contribution in [0.5, 0.6) is 0 Å². The van der Waals surface area contributed by atoms with Gasteiger partial charge in [-0.2, -0.15) is 0 Å². The number of carbonyl (C=O) groups excluding carboxylic acids is 1. The van der Waals surface area contributed by atoms with Crippen LogP contribution in [0.25, 0.3) is 0 Å². The van der Waals surface area contributed by atoms with Crippen molar-refractivity contribution in [2.24, 2.45) is 5.73 Å². The fraction of sp³-hybridized carbons (Fsp3) is 0.562. The molecular formula is C16H23BrFN3O2. The Kier molecular flexibility index (Phi) is 6.38. The number of ether oxygens (including phenoxy) is 1. The fourth-order valence-electron chi connectivity index (χ4n) is 3.06. The van der Waals surface area contributed by atoms with Crippen LogP contribution in [0.2, 0.25) is 0 Å².